The quantitative estimate of drug-likeness (QED) is 0.716. The first-order valence-electron chi connectivity index (χ1n) is 8.52. The molecule has 3 nitrogen and oxygen atoms in total. The highest BCUT2D eigenvalue weighted by atomic mass is 79.9. The van der Waals surface area contributed by atoms with E-state index in [9.17, 15) is 0 Å². The summed E-state index contributed by atoms with van der Waals surface area (Å²) in [5, 5.41) is 0. The Morgan fingerprint density at radius 2 is 1.74 bits per heavy atom. The van der Waals surface area contributed by atoms with Gasteiger partial charge in [-0.15, -0.1) is 12.4 Å². The molecule has 1 aliphatic heterocycles. The van der Waals surface area contributed by atoms with Gasteiger partial charge in [0.2, 0.25) is 0 Å². The van der Waals surface area contributed by atoms with Gasteiger partial charge in [-0.05, 0) is 30.5 Å². The van der Waals surface area contributed by atoms with Crippen molar-refractivity contribution in [1.29, 1.82) is 0 Å². The zero-order valence-electron chi connectivity index (χ0n) is 13.6. The van der Waals surface area contributed by atoms with Gasteiger partial charge in [-0.1, -0.05) is 47.3 Å². The first-order chi connectivity index (χ1) is 10.8. The van der Waals surface area contributed by atoms with Crippen molar-refractivity contribution >= 4 is 28.3 Å². The third-order valence-corrected chi connectivity index (χ3v) is 5.21. The molecule has 1 unspecified atom stereocenters. The number of halogens is 2. The van der Waals surface area contributed by atoms with Crippen LogP contribution in [0.3, 0.4) is 0 Å². The van der Waals surface area contributed by atoms with Gasteiger partial charge in [0, 0.05) is 24.1 Å². The number of nitrogens with zero attached hydrogens (tertiary/aromatic N) is 1. The molecule has 5 heteroatoms. The van der Waals surface area contributed by atoms with E-state index in [1.807, 2.05) is 0 Å². The highest BCUT2D eigenvalue weighted by Gasteiger charge is 2.23. The SMILES string of the molecule is Brc1ccc(C(CN2CCOCC2)OC2CCCCC2)cc1.Cl. The monoisotopic (exact) mass is 403 g/mol. The number of hydrogen-bond donors (Lipinski definition) is 0. The fourth-order valence-electron chi connectivity index (χ4n) is 3.36. The number of morpholine rings is 1. The van der Waals surface area contributed by atoms with Crippen LogP contribution in [0, 0.1) is 0 Å². The highest BCUT2D eigenvalue weighted by Crippen LogP contribution is 2.28. The Labute approximate surface area is 154 Å². The maximum Gasteiger partial charge on any atom is 0.0955 e. The molecule has 2 aliphatic rings. The van der Waals surface area contributed by atoms with Crippen LogP contribution < -0.4 is 0 Å². The fraction of sp³-hybridized carbons (Fsp3) is 0.667. The van der Waals surface area contributed by atoms with E-state index < -0.39 is 0 Å². The van der Waals surface area contributed by atoms with Gasteiger partial charge < -0.3 is 9.47 Å². The molecule has 0 aromatic heterocycles. The van der Waals surface area contributed by atoms with Crippen molar-refractivity contribution in [1.82, 2.24) is 4.90 Å². The molecule has 1 atom stereocenters. The van der Waals surface area contributed by atoms with E-state index in [0.717, 1.165) is 37.3 Å². The Hall–Kier alpha value is -0.130. The first kappa shape index (κ1) is 19.2. The van der Waals surface area contributed by atoms with Crippen LogP contribution in [0.4, 0.5) is 0 Å². The second-order valence-corrected chi connectivity index (χ2v) is 7.26. The molecule has 1 aromatic rings. The lowest BCUT2D eigenvalue weighted by molar-refractivity contribution is -0.0588. The summed E-state index contributed by atoms with van der Waals surface area (Å²) in [7, 11) is 0. The lowest BCUT2D eigenvalue weighted by atomic mass is 9.97. The summed E-state index contributed by atoms with van der Waals surface area (Å²) in [6, 6.07) is 8.62. The van der Waals surface area contributed by atoms with Gasteiger partial charge >= 0.3 is 0 Å². The summed E-state index contributed by atoms with van der Waals surface area (Å²) in [6.07, 6.45) is 7.04. The first-order valence-corrected chi connectivity index (χ1v) is 9.31. The number of benzene rings is 1. The summed E-state index contributed by atoms with van der Waals surface area (Å²) in [5.41, 5.74) is 1.29. The molecule has 0 N–H and O–H groups in total. The van der Waals surface area contributed by atoms with Gasteiger partial charge in [0.15, 0.2) is 0 Å². The summed E-state index contributed by atoms with van der Waals surface area (Å²) in [4.78, 5) is 2.47. The molecule has 130 valence electrons. The maximum absolute atomic E-state index is 6.52. The van der Waals surface area contributed by atoms with E-state index in [2.05, 4.69) is 45.1 Å². The molecule has 1 saturated heterocycles. The average molecular weight is 405 g/mol. The summed E-state index contributed by atoms with van der Waals surface area (Å²) in [5.74, 6) is 0. The standard InChI is InChI=1S/C18H26BrNO2.ClH/c19-16-8-6-15(7-9-16)18(14-20-10-12-21-13-11-20)22-17-4-2-1-3-5-17;/h6-9,17-18H,1-5,10-14H2;1H. The third-order valence-electron chi connectivity index (χ3n) is 4.68. The molecular formula is C18H27BrClNO2. The molecule has 1 aliphatic carbocycles. The van der Waals surface area contributed by atoms with Crippen LogP contribution in [-0.2, 0) is 9.47 Å². The summed E-state index contributed by atoms with van der Waals surface area (Å²) < 4.78 is 13.1. The van der Waals surface area contributed by atoms with Crippen LogP contribution in [0.1, 0.15) is 43.8 Å². The van der Waals surface area contributed by atoms with E-state index >= 15 is 0 Å². The second kappa shape index (κ2) is 10.00. The van der Waals surface area contributed by atoms with E-state index in [-0.39, 0.29) is 18.5 Å². The normalized spacial score (nSPS) is 21.6. The van der Waals surface area contributed by atoms with Gasteiger partial charge in [-0.2, -0.15) is 0 Å². The van der Waals surface area contributed by atoms with E-state index in [0.29, 0.717) is 6.10 Å². The molecule has 2 fully saturated rings. The van der Waals surface area contributed by atoms with Crippen LogP contribution in [0.2, 0.25) is 0 Å². The average Bonchev–Trinajstić information content (AvgIpc) is 2.57. The Morgan fingerprint density at radius 1 is 1.09 bits per heavy atom. The molecule has 1 heterocycles. The van der Waals surface area contributed by atoms with Gasteiger partial charge in [-0.25, -0.2) is 0 Å². The van der Waals surface area contributed by atoms with E-state index in [1.165, 1.54) is 37.7 Å². The van der Waals surface area contributed by atoms with Crippen molar-refractivity contribution in [2.75, 3.05) is 32.8 Å². The van der Waals surface area contributed by atoms with Gasteiger partial charge in [-0.3, -0.25) is 4.90 Å². The molecule has 23 heavy (non-hydrogen) atoms. The molecule has 3 rings (SSSR count). The molecular weight excluding hydrogens is 378 g/mol. The highest BCUT2D eigenvalue weighted by molar-refractivity contribution is 9.10. The predicted molar refractivity (Wildman–Crippen MR) is 99.3 cm³/mol. The lowest BCUT2D eigenvalue weighted by Gasteiger charge is -2.33. The zero-order chi connectivity index (χ0) is 15.2. The van der Waals surface area contributed by atoms with Crippen molar-refractivity contribution < 1.29 is 9.47 Å². The minimum absolute atomic E-state index is 0. The Morgan fingerprint density at radius 3 is 2.39 bits per heavy atom. The van der Waals surface area contributed by atoms with Crippen LogP contribution in [0.5, 0.6) is 0 Å². The molecule has 0 spiro atoms. The predicted octanol–water partition coefficient (Wildman–Crippen LogP) is 4.59. The zero-order valence-corrected chi connectivity index (χ0v) is 16.0. The fourth-order valence-corrected chi connectivity index (χ4v) is 3.62. The van der Waals surface area contributed by atoms with Crippen molar-refractivity contribution in [2.45, 2.75) is 44.3 Å². The van der Waals surface area contributed by atoms with Crippen molar-refractivity contribution in [3.8, 4) is 0 Å². The number of rotatable bonds is 5. The van der Waals surface area contributed by atoms with E-state index in [1.54, 1.807) is 0 Å². The van der Waals surface area contributed by atoms with Crippen molar-refractivity contribution in [3.05, 3.63) is 34.3 Å². The van der Waals surface area contributed by atoms with Crippen molar-refractivity contribution in [3.63, 3.8) is 0 Å². The lowest BCUT2D eigenvalue weighted by Crippen LogP contribution is -2.40. The smallest absolute Gasteiger partial charge is 0.0955 e. The molecule has 1 aromatic carbocycles. The van der Waals surface area contributed by atoms with Crippen LogP contribution in [-0.4, -0.2) is 43.9 Å². The molecule has 1 saturated carbocycles. The third kappa shape index (κ3) is 6.02. The Balaban J connectivity index is 0.00000192. The molecule has 0 bridgehead atoms. The maximum atomic E-state index is 6.52. The van der Waals surface area contributed by atoms with Gasteiger partial charge in [0.25, 0.3) is 0 Å². The number of hydrogen-bond acceptors (Lipinski definition) is 3. The minimum Gasteiger partial charge on any atom is -0.379 e. The summed E-state index contributed by atoms with van der Waals surface area (Å²) in [6.45, 7) is 4.69. The Kier molecular flexibility index (Phi) is 8.34. The molecule has 0 amide bonds. The second-order valence-electron chi connectivity index (χ2n) is 6.35. The summed E-state index contributed by atoms with van der Waals surface area (Å²) >= 11 is 3.52. The van der Waals surface area contributed by atoms with Crippen LogP contribution in [0.25, 0.3) is 0 Å². The largest absolute Gasteiger partial charge is 0.379 e. The Bertz CT molecular complexity index is 425. The number of ether oxygens (including phenoxy) is 2. The van der Waals surface area contributed by atoms with Gasteiger partial charge in [0.05, 0.1) is 25.4 Å². The van der Waals surface area contributed by atoms with E-state index in [4.69, 9.17) is 9.47 Å². The topological polar surface area (TPSA) is 21.7 Å². The molecule has 0 radical (unpaired) electrons. The van der Waals surface area contributed by atoms with Crippen LogP contribution in [0.15, 0.2) is 28.7 Å². The van der Waals surface area contributed by atoms with Crippen molar-refractivity contribution in [2.24, 2.45) is 0 Å². The van der Waals surface area contributed by atoms with Gasteiger partial charge in [0.1, 0.15) is 0 Å². The minimum atomic E-state index is 0. The van der Waals surface area contributed by atoms with Crippen LogP contribution >= 0.6 is 28.3 Å².